The van der Waals surface area contributed by atoms with Crippen molar-refractivity contribution in [2.75, 3.05) is 0 Å². The number of imidazole rings is 1. The van der Waals surface area contributed by atoms with Gasteiger partial charge in [0.25, 0.3) is 0 Å². The second kappa shape index (κ2) is 6.43. The number of nitrogens with zero attached hydrogens (tertiary/aromatic N) is 2. The van der Waals surface area contributed by atoms with Crippen LogP contribution < -0.4 is 4.74 Å². The number of hydrogen-bond acceptors (Lipinski definition) is 3. The van der Waals surface area contributed by atoms with E-state index in [1.807, 2.05) is 4.57 Å². The van der Waals surface area contributed by atoms with Crippen molar-refractivity contribution in [3.8, 4) is 5.75 Å². The van der Waals surface area contributed by atoms with E-state index in [2.05, 4.69) is 11.9 Å². The summed E-state index contributed by atoms with van der Waals surface area (Å²) in [6.07, 6.45) is 4.52. The highest BCUT2D eigenvalue weighted by molar-refractivity contribution is 6.32. The number of benzene rings is 1. The molecule has 0 fully saturated rings. The van der Waals surface area contributed by atoms with Gasteiger partial charge in [-0.1, -0.05) is 18.5 Å². The molecule has 1 heterocycles. The Bertz CT molecular complexity index is 610. The van der Waals surface area contributed by atoms with Gasteiger partial charge in [0.15, 0.2) is 0 Å². The second-order valence-corrected chi connectivity index (χ2v) is 4.72. The molecular weight excluding hydrogens is 280 g/mol. The maximum Gasteiger partial charge on any atom is 0.335 e. The fraction of sp³-hybridized carbons (Fsp3) is 0.286. The lowest BCUT2D eigenvalue weighted by Gasteiger charge is -2.10. The Labute approximate surface area is 121 Å². The second-order valence-electron chi connectivity index (χ2n) is 4.32. The third kappa shape index (κ3) is 3.30. The summed E-state index contributed by atoms with van der Waals surface area (Å²) in [5.41, 5.74) is 1.09. The average Bonchev–Trinajstić information content (AvgIpc) is 2.85. The first-order valence-corrected chi connectivity index (χ1v) is 6.64. The van der Waals surface area contributed by atoms with Crippen LogP contribution in [0.3, 0.4) is 0 Å². The predicted octanol–water partition coefficient (Wildman–Crippen LogP) is 3.22. The smallest absolute Gasteiger partial charge is 0.335 e. The fourth-order valence-corrected chi connectivity index (χ4v) is 2.05. The fourth-order valence-electron chi connectivity index (χ4n) is 1.81. The topological polar surface area (TPSA) is 64.4 Å². The molecule has 0 saturated heterocycles. The molecule has 6 heteroatoms. The number of ether oxygens (including phenoxy) is 1. The van der Waals surface area contributed by atoms with E-state index in [-0.39, 0.29) is 10.6 Å². The molecule has 0 unspecified atom stereocenters. The first-order valence-electron chi connectivity index (χ1n) is 6.26. The Morgan fingerprint density at radius 2 is 2.30 bits per heavy atom. The van der Waals surface area contributed by atoms with Crippen LogP contribution >= 0.6 is 11.6 Å². The quantitative estimate of drug-likeness (QED) is 0.888. The number of halogens is 1. The zero-order valence-corrected chi connectivity index (χ0v) is 11.8. The first-order chi connectivity index (χ1) is 9.61. The molecule has 0 atom stereocenters. The van der Waals surface area contributed by atoms with E-state index in [1.165, 1.54) is 12.1 Å². The van der Waals surface area contributed by atoms with Crippen LogP contribution in [-0.4, -0.2) is 20.6 Å². The Kier molecular flexibility index (Phi) is 4.63. The molecule has 0 aliphatic carbocycles. The lowest BCUT2D eigenvalue weighted by atomic mass is 10.2. The third-order valence-electron chi connectivity index (χ3n) is 2.82. The van der Waals surface area contributed by atoms with E-state index in [0.29, 0.717) is 12.4 Å². The van der Waals surface area contributed by atoms with Crippen molar-refractivity contribution in [3.63, 3.8) is 0 Å². The Morgan fingerprint density at radius 3 is 2.95 bits per heavy atom. The van der Waals surface area contributed by atoms with Gasteiger partial charge >= 0.3 is 5.97 Å². The Morgan fingerprint density at radius 1 is 1.50 bits per heavy atom. The van der Waals surface area contributed by atoms with Crippen LogP contribution in [0.2, 0.25) is 5.02 Å². The van der Waals surface area contributed by atoms with Gasteiger partial charge in [0.1, 0.15) is 12.4 Å². The molecule has 1 N–H and O–H groups in total. The normalized spacial score (nSPS) is 10.5. The molecule has 5 nitrogen and oxygen atoms in total. The van der Waals surface area contributed by atoms with Crippen molar-refractivity contribution in [1.29, 1.82) is 0 Å². The summed E-state index contributed by atoms with van der Waals surface area (Å²) in [4.78, 5) is 14.9. The third-order valence-corrected chi connectivity index (χ3v) is 3.11. The number of carbonyl (C=O) groups is 1. The van der Waals surface area contributed by atoms with Gasteiger partial charge in [0.05, 0.1) is 28.8 Å². The standard InChI is InChI=1S/C14H15ClN2O3/c1-2-5-17-9-16-7-11(17)8-20-13-4-3-10(14(18)19)6-12(13)15/h3-4,6-7,9H,2,5,8H2,1H3,(H,18,19). The number of aromatic carboxylic acids is 1. The zero-order valence-electron chi connectivity index (χ0n) is 11.0. The monoisotopic (exact) mass is 294 g/mol. The summed E-state index contributed by atoms with van der Waals surface area (Å²) < 4.78 is 7.63. The molecule has 0 saturated carbocycles. The largest absolute Gasteiger partial charge is 0.486 e. The van der Waals surface area contributed by atoms with E-state index in [0.717, 1.165) is 18.7 Å². The minimum absolute atomic E-state index is 0.137. The van der Waals surface area contributed by atoms with E-state index < -0.39 is 5.97 Å². The lowest BCUT2D eigenvalue weighted by molar-refractivity contribution is 0.0697. The zero-order chi connectivity index (χ0) is 14.5. The van der Waals surface area contributed by atoms with Crippen LogP contribution in [0.15, 0.2) is 30.7 Å². The number of aromatic nitrogens is 2. The molecule has 0 spiro atoms. The summed E-state index contributed by atoms with van der Waals surface area (Å²) in [7, 11) is 0. The van der Waals surface area contributed by atoms with Crippen LogP contribution in [-0.2, 0) is 13.2 Å². The van der Waals surface area contributed by atoms with Crippen molar-refractivity contribution in [1.82, 2.24) is 9.55 Å². The average molecular weight is 295 g/mol. The van der Waals surface area contributed by atoms with Gasteiger partial charge < -0.3 is 14.4 Å². The Balaban J connectivity index is 2.07. The maximum atomic E-state index is 10.8. The highest BCUT2D eigenvalue weighted by atomic mass is 35.5. The number of carboxylic acid groups (broad SMARTS) is 1. The summed E-state index contributed by atoms with van der Waals surface area (Å²) >= 11 is 6.00. The van der Waals surface area contributed by atoms with E-state index in [9.17, 15) is 4.79 Å². The minimum Gasteiger partial charge on any atom is -0.486 e. The van der Waals surface area contributed by atoms with Crippen molar-refractivity contribution >= 4 is 17.6 Å². The van der Waals surface area contributed by atoms with E-state index >= 15 is 0 Å². The van der Waals surface area contributed by atoms with Crippen LogP contribution in [0, 0.1) is 0 Å². The molecule has 1 aromatic carbocycles. The molecule has 0 aliphatic heterocycles. The molecule has 0 aliphatic rings. The molecule has 106 valence electrons. The van der Waals surface area contributed by atoms with Gasteiger partial charge in [0, 0.05) is 6.54 Å². The molecule has 2 aromatic rings. The van der Waals surface area contributed by atoms with Crippen molar-refractivity contribution in [2.24, 2.45) is 0 Å². The van der Waals surface area contributed by atoms with Gasteiger partial charge in [-0.3, -0.25) is 0 Å². The number of carboxylic acids is 1. The Hall–Kier alpha value is -2.01. The van der Waals surface area contributed by atoms with E-state index in [4.69, 9.17) is 21.4 Å². The first kappa shape index (κ1) is 14.4. The SMILES string of the molecule is CCCn1cncc1COc1ccc(C(=O)O)cc1Cl. The predicted molar refractivity (Wildman–Crippen MR) is 75.3 cm³/mol. The van der Waals surface area contributed by atoms with Gasteiger partial charge in [0.2, 0.25) is 0 Å². The van der Waals surface area contributed by atoms with Crippen LogP contribution in [0.5, 0.6) is 5.75 Å². The molecule has 0 radical (unpaired) electrons. The highest BCUT2D eigenvalue weighted by Crippen LogP contribution is 2.26. The summed E-state index contributed by atoms with van der Waals surface area (Å²) in [5.74, 6) is -0.555. The number of aryl methyl sites for hydroxylation is 1. The van der Waals surface area contributed by atoms with Crippen molar-refractivity contribution < 1.29 is 14.6 Å². The summed E-state index contributed by atoms with van der Waals surface area (Å²) in [5, 5.41) is 9.15. The summed E-state index contributed by atoms with van der Waals surface area (Å²) in [6, 6.07) is 4.40. The van der Waals surface area contributed by atoms with E-state index in [1.54, 1.807) is 18.6 Å². The van der Waals surface area contributed by atoms with Gasteiger partial charge in [-0.05, 0) is 24.6 Å². The highest BCUT2D eigenvalue weighted by Gasteiger charge is 2.09. The maximum absolute atomic E-state index is 10.8. The molecule has 0 bridgehead atoms. The lowest BCUT2D eigenvalue weighted by Crippen LogP contribution is -2.05. The molecule has 1 aromatic heterocycles. The van der Waals surface area contributed by atoms with Crippen molar-refractivity contribution in [2.45, 2.75) is 26.5 Å². The van der Waals surface area contributed by atoms with Crippen LogP contribution in [0.1, 0.15) is 29.4 Å². The minimum atomic E-state index is -1.01. The molecular formula is C14H15ClN2O3. The van der Waals surface area contributed by atoms with Gasteiger partial charge in [-0.15, -0.1) is 0 Å². The summed E-state index contributed by atoms with van der Waals surface area (Å²) in [6.45, 7) is 3.31. The van der Waals surface area contributed by atoms with Crippen molar-refractivity contribution in [3.05, 3.63) is 47.0 Å². The van der Waals surface area contributed by atoms with Crippen LogP contribution in [0.25, 0.3) is 0 Å². The molecule has 0 amide bonds. The number of hydrogen-bond donors (Lipinski definition) is 1. The number of rotatable bonds is 6. The van der Waals surface area contributed by atoms with Gasteiger partial charge in [-0.2, -0.15) is 0 Å². The van der Waals surface area contributed by atoms with Crippen LogP contribution in [0.4, 0.5) is 0 Å². The molecule has 20 heavy (non-hydrogen) atoms. The van der Waals surface area contributed by atoms with Gasteiger partial charge in [-0.25, -0.2) is 9.78 Å². The molecule has 2 rings (SSSR count).